The summed E-state index contributed by atoms with van der Waals surface area (Å²) in [6.45, 7) is 0. The molecule has 2 fully saturated rings. The van der Waals surface area contributed by atoms with Crippen LogP contribution in [0.1, 0.15) is 6.42 Å². The van der Waals surface area contributed by atoms with E-state index in [2.05, 4.69) is 0 Å². The number of piperidine rings is 1. The van der Waals surface area contributed by atoms with Crippen molar-refractivity contribution in [1.29, 1.82) is 0 Å². The summed E-state index contributed by atoms with van der Waals surface area (Å²) in [5.41, 5.74) is -3.93. The molecule has 1 saturated carbocycles. The number of nitrogens with one attached hydrogen (secondary N) is 1. The molecule has 2 rings (SSSR count). The topological polar surface area (TPSA) is 12.0 Å². The van der Waals surface area contributed by atoms with Crippen LogP contribution in [0.2, 0.25) is 0 Å². The molecule has 1 aliphatic heterocycles. The van der Waals surface area contributed by atoms with Gasteiger partial charge in [0.1, 0.15) is 0 Å². The third-order valence-electron chi connectivity index (χ3n) is 3.44. The lowest BCUT2D eigenvalue weighted by Crippen LogP contribution is -2.70. The summed E-state index contributed by atoms with van der Waals surface area (Å²) in [5.74, 6) is -1.78. The zero-order valence-electron chi connectivity index (χ0n) is 8.04. The fourth-order valence-electron chi connectivity index (χ4n) is 2.67. The molecule has 4 atom stereocenters. The van der Waals surface area contributed by atoms with Crippen molar-refractivity contribution >= 4 is 23.2 Å². The minimum absolute atomic E-state index is 0.396. The molecule has 0 spiro atoms. The summed E-state index contributed by atoms with van der Waals surface area (Å²) >= 11 is 11.3. The van der Waals surface area contributed by atoms with Crippen molar-refractivity contribution < 1.29 is 26.3 Å². The third-order valence-corrected chi connectivity index (χ3v) is 4.47. The van der Waals surface area contributed by atoms with Gasteiger partial charge in [-0.2, -0.15) is 26.3 Å². The second-order valence-electron chi connectivity index (χ2n) is 4.28. The average molecular weight is 302 g/mol. The van der Waals surface area contributed by atoms with Crippen LogP contribution in [0, 0.1) is 5.92 Å². The fraction of sp³-hybridized carbons (Fsp3) is 1.00. The summed E-state index contributed by atoms with van der Waals surface area (Å²) in [6.07, 6.45) is -11.3. The lowest BCUT2D eigenvalue weighted by atomic mass is 9.82. The van der Waals surface area contributed by atoms with E-state index in [1.807, 2.05) is 0 Å². The minimum atomic E-state index is -5.45. The second kappa shape index (κ2) is 3.57. The first-order valence-electron chi connectivity index (χ1n) is 4.71. The number of hydrogen-bond acceptors (Lipinski definition) is 1. The van der Waals surface area contributed by atoms with Crippen molar-refractivity contribution in [2.75, 3.05) is 0 Å². The Labute approximate surface area is 102 Å². The van der Waals surface area contributed by atoms with Crippen LogP contribution in [0.4, 0.5) is 26.3 Å². The van der Waals surface area contributed by atoms with Crippen LogP contribution in [-0.4, -0.2) is 34.7 Å². The van der Waals surface area contributed by atoms with E-state index < -0.39 is 47.0 Å². The van der Waals surface area contributed by atoms with Crippen molar-refractivity contribution in [2.24, 2.45) is 5.92 Å². The van der Waals surface area contributed by atoms with Gasteiger partial charge in [-0.05, 0) is 6.42 Å². The molecule has 0 amide bonds. The highest BCUT2D eigenvalue weighted by Crippen LogP contribution is 2.59. The second-order valence-corrected chi connectivity index (χ2v) is 5.34. The van der Waals surface area contributed by atoms with Crippen LogP contribution in [0.5, 0.6) is 0 Å². The molecule has 0 radical (unpaired) electrons. The predicted octanol–water partition coefficient (Wildman–Crippen LogP) is 3.06. The number of halogens is 8. The highest BCUT2D eigenvalue weighted by atomic mass is 35.5. The first-order chi connectivity index (χ1) is 7.52. The first kappa shape index (κ1) is 13.5. The standard InChI is InChI=1S/C8H7Cl2F6N/c9-3-1-2-4(10)5(3)17-6(2,7(11,12)13)8(14,15)16/h2-5,17H,1H2/t2-,3-,4+,5-/m1/s1. The molecule has 100 valence electrons. The van der Waals surface area contributed by atoms with Gasteiger partial charge in [-0.25, -0.2) is 0 Å². The third kappa shape index (κ3) is 1.58. The van der Waals surface area contributed by atoms with E-state index in [9.17, 15) is 26.3 Å². The maximum absolute atomic E-state index is 12.8. The van der Waals surface area contributed by atoms with Gasteiger partial charge in [-0.3, -0.25) is 5.32 Å². The molecular weight excluding hydrogens is 295 g/mol. The van der Waals surface area contributed by atoms with E-state index in [0.29, 0.717) is 0 Å². The summed E-state index contributed by atoms with van der Waals surface area (Å²) in [5, 5.41) is -0.499. The van der Waals surface area contributed by atoms with Crippen molar-refractivity contribution in [2.45, 2.75) is 41.1 Å². The highest BCUT2D eigenvalue weighted by Gasteiger charge is 2.81. The van der Waals surface area contributed by atoms with Gasteiger partial charge in [-0.15, -0.1) is 23.2 Å². The number of alkyl halides is 8. The summed E-state index contributed by atoms with van der Waals surface area (Å²) in [6, 6.07) is -1.17. The fourth-order valence-corrected chi connectivity index (χ4v) is 3.69. The SMILES string of the molecule is FC(F)(F)C1(C(F)(F)F)N[C@H]2[C@@H](Cl)[C@H]1C[C@H]2Cl. The Balaban J connectivity index is 2.48. The van der Waals surface area contributed by atoms with E-state index in [1.54, 1.807) is 5.32 Å². The molecule has 0 aromatic heterocycles. The van der Waals surface area contributed by atoms with Gasteiger partial charge in [-0.1, -0.05) is 0 Å². The molecule has 0 unspecified atom stereocenters. The van der Waals surface area contributed by atoms with Gasteiger partial charge >= 0.3 is 12.4 Å². The van der Waals surface area contributed by atoms with Crippen molar-refractivity contribution in [3.63, 3.8) is 0 Å². The largest absolute Gasteiger partial charge is 0.415 e. The van der Waals surface area contributed by atoms with Crippen LogP contribution >= 0.6 is 23.2 Å². The zero-order valence-corrected chi connectivity index (χ0v) is 9.55. The molecule has 9 heteroatoms. The van der Waals surface area contributed by atoms with E-state index in [0.717, 1.165) is 0 Å². The van der Waals surface area contributed by atoms with Gasteiger partial charge in [0.2, 0.25) is 5.54 Å². The number of hydrogen-bond donors (Lipinski definition) is 1. The normalized spacial score (nSPS) is 40.9. The molecule has 0 aromatic rings. The predicted molar refractivity (Wildman–Crippen MR) is 49.2 cm³/mol. The van der Waals surface area contributed by atoms with Gasteiger partial charge in [0.15, 0.2) is 0 Å². The lowest BCUT2D eigenvalue weighted by molar-refractivity contribution is -0.318. The number of rotatable bonds is 0. The Bertz CT molecular complexity index is 313. The minimum Gasteiger partial charge on any atom is -0.290 e. The molecule has 1 N–H and O–H groups in total. The Hall–Kier alpha value is 0.120. The maximum Gasteiger partial charge on any atom is 0.415 e. The highest BCUT2D eigenvalue weighted by molar-refractivity contribution is 6.26. The lowest BCUT2D eigenvalue weighted by Gasteiger charge is -2.41. The van der Waals surface area contributed by atoms with Crippen LogP contribution < -0.4 is 5.32 Å². The molecular formula is C8H7Cl2F6N. The molecule has 1 aliphatic carbocycles. The average Bonchev–Trinajstić information content (AvgIpc) is 2.53. The van der Waals surface area contributed by atoms with Crippen LogP contribution in [0.15, 0.2) is 0 Å². The maximum atomic E-state index is 12.8. The van der Waals surface area contributed by atoms with Crippen LogP contribution in [-0.2, 0) is 0 Å². The molecule has 0 aromatic carbocycles. The van der Waals surface area contributed by atoms with E-state index in [4.69, 9.17) is 23.2 Å². The van der Waals surface area contributed by atoms with Gasteiger partial charge in [0, 0.05) is 12.0 Å². The molecule has 1 saturated heterocycles. The van der Waals surface area contributed by atoms with Gasteiger partial charge < -0.3 is 0 Å². The Morgan fingerprint density at radius 3 is 1.71 bits per heavy atom. The summed E-state index contributed by atoms with van der Waals surface area (Å²) in [7, 11) is 0. The Morgan fingerprint density at radius 2 is 1.47 bits per heavy atom. The Kier molecular flexibility index (Phi) is 2.85. The molecule has 1 nitrogen and oxygen atoms in total. The molecule has 2 bridgehead atoms. The van der Waals surface area contributed by atoms with E-state index >= 15 is 0 Å². The van der Waals surface area contributed by atoms with Crippen molar-refractivity contribution in [1.82, 2.24) is 5.32 Å². The zero-order chi connectivity index (χ0) is 13.2. The van der Waals surface area contributed by atoms with E-state index in [1.165, 1.54) is 0 Å². The smallest absolute Gasteiger partial charge is 0.290 e. The van der Waals surface area contributed by atoms with E-state index in [-0.39, 0.29) is 0 Å². The van der Waals surface area contributed by atoms with Crippen LogP contribution in [0.3, 0.4) is 0 Å². The van der Waals surface area contributed by atoms with Crippen molar-refractivity contribution in [3.05, 3.63) is 0 Å². The molecule has 1 heterocycles. The molecule has 17 heavy (non-hydrogen) atoms. The van der Waals surface area contributed by atoms with Crippen molar-refractivity contribution in [3.8, 4) is 0 Å². The van der Waals surface area contributed by atoms with Crippen LogP contribution in [0.25, 0.3) is 0 Å². The van der Waals surface area contributed by atoms with Gasteiger partial charge in [0.05, 0.1) is 10.8 Å². The monoisotopic (exact) mass is 301 g/mol. The number of fused-ring (bicyclic) bond motifs is 2. The summed E-state index contributed by atoms with van der Waals surface area (Å²) in [4.78, 5) is 0. The van der Waals surface area contributed by atoms with Gasteiger partial charge in [0.25, 0.3) is 0 Å². The Morgan fingerprint density at radius 1 is 1.00 bits per heavy atom. The molecule has 2 aliphatic rings. The first-order valence-corrected chi connectivity index (χ1v) is 5.59. The quantitative estimate of drug-likeness (QED) is 0.536. The summed E-state index contributed by atoms with van der Waals surface area (Å²) < 4.78 is 76.7.